The van der Waals surface area contributed by atoms with Crippen LogP contribution in [0.25, 0.3) is 0 Å². The van der Waals surface area contributed by atoms with Crippen LogP contribution in [-0.4, -0.2) is 11.9 Å². The summed E-state index contributed by atoms with van der Waals surface area (Å²) in [4.78, 5) is 11.4. The molecule has 0 saturated heterocycles. The van der Waals surface area contributed by atoms with Crippen molar-refractivity contribution in [3.05, 3.63) is 35.4 Å². The maximum Gasteiger partial charge on any atom is 0.416 e. The zero-order valence-electron chi connectivity index (χ0n) is 10.6. The zero-order valence-corrected chi connectivity index (χ0v) is 10.6. The highest BCUT2D eigenvalue weighted by Crippen LogP contribution is 2.29. The number of rotatable bonds is 5. The Balaban J connectivity index is 2.52. The molecule has 6 heteroatoms. The summed E-state index contributed by atoms with van der Waals surface area (Å²) in [6.07, 6.45) is -3.54. The van der Waals surface area contributed by atoms with E-state index in [9.17, 15) is 18.0 Å². The van der Waals surface area contributed by atoms with Crippen LogP contribution in [0.1, 0.15) is 30.9 Å². The van der Waals surface area contributed by atoms with E-state index < -0.39 is 11.7 Å². The van der Waals surface area contributed by atoms with Crippen LogP contribution in [0.15, 0.2) is 24.3 Å². The quantitative estimate of drug-likeness (QED) is 0.866. The number of nitrogens with one attached hydrogen (secondary N) is 1. The molecule has 1 aromatic carbocycles. The molecule has 1 aromatic rings. The smallest absolute Gasteiger partial charge is 0.352 e. The van der Waals surface area contributed by atoms with Gasteiger partial charge in [-0.1, -0.05) is 12.1 Å². The summed E-state index contributed by atoms with van der Waals surface area (Å²) in [5.41, 5.74) is 5.22. The summed E-state index contributed by atoms with van der Waals surface area (Å²) in [6, 6.07) is 4.83. The average Bonchev–Trinajstić information content (AvgIpc) is 2.33. The van der Waals surface area contributed by atoms with Crippen molar-refractivity contribution >= 4 is 5.91 Å². The molecule has 0 bridgehead atoms. The minimum Gasteiger partial charge on any atom is -0.352 e. The molecule has 0 saturated carbocycles. The van der Waals surface area contributed by atoms with Gasteiger partial charge in [-0.05, 0) is 31.0 Å². The zero-order chi connectivity index (χ0) is 14.5. The highest BCUT2D eigenvalue weighted by atomic mass is 19.4. The van der Waals surface area contributed by atoms with E-state index in [0.717, 1.165) is 12.1 Å². The molecule has 1 amide bonds. The molecule has 1 rings (SSSR count). The van der Waals surface area contributed by atoms with E-state index in [-0.39, 0.29) is 24.9 Å². The van der Waals surface area contributed by atoms with Crippen LogP contribution in [0.4, 0.5) is 13.2 Å². The molecule has 0 spiro atoms. The Morgan fingerprint density at radius 2 is 2.11 bits per heavy atom. The Morgan fingerprint density at radius 1 is 1.42 bits per heavy atom. The Morgan fingerprint density at radius 3 is 2.68 bits per heavy atom. The summed E-state index contributed by atoms with van der Waals surface area (Å²) in [5, 5.41) is 2.57. The summed E-state index contributed by atoms with van der Waals surface area (Å²) in [6.45, 7) is 1.88. The number of carbonyl (C=O) groups excluding carboxylic acids is 1. The topological polar surface area (TPSA) is 55.1 Å². The van der Waals surface area contributed by atoms with Crippen LogP contribution in [0, 0.1) is 0 Å². The van der Waals surface area contributed by atoms with E-state index in [1.807, 2.05) is 0 Å². The normalized spacial score (nSPS) is 13.1. The first-order chi connectivity index (χ1) is 8.79. The van der Waals surface area contributed by atoms with Gasteiger partial charge < -0.3 is 11.1 Å². The van der Waals surface area contributed by atoms with Crippen molar-refractivity contribution in [2.45, 2.75) is 38.5 Å². The summed E-state index contributed by atoms with van der Waals surface area (Å²) in [5.74, 6) is -0.213. The molecule has 0 heterocycles. The van der Waals surface area contributed by atoms with Crippen molar-refractivity contribution in [3.8, 4) is 0 Å². The molecular formula is C13H17F3N2O. The largest absolute Gasteiger partial charge is 0.416 e. The average molecular weight is 274 g/mol. The summed E-state index contributed by atoms with van der Waals surface area (Å²) < 4.78 is 37.4. The number of carbonyl (C=O) groups is 1. The van der Waals surface area contributed by atoms with Gasteiger partial charge in [0.25, 0.3) is 0 Å². The lowest BCUT2D eigenvalue weighted by atomic mass is 10.1. The number of hydrogen-bond donors (Lipinski definition) is 2. The maximum absolute atomic E-state index is 12.5. The molecule has 0 fully saturated rings. The summed E-state index contributed by atoms with van der Waals surface area (Å²) >= 11 is 0. The number of halogens is 3. The van der Waals surface area contributed by atoms with Gasteiger partial charge in [-0.3, -0.25) is 4.79 Å². The molecule has 3 nitrogen and oxygen atoms in total. The fraction of sp³-hybridized carbons (Fsp3) is 0.462. The molecular weight excluding hydrogens is 257 g/mol. The van der Waals surface area contributed by atoms with Crippen molar-refractivity contribution in [3.63, 3.8) is 0 Å². The van der Waals surface area contributed by atoms with E-state index in [4.69, 9.17) is 5.73 Å². The summed E-state index contributed by atoms with van der Waals surface area (Å²) in [7, 11) is 0. The fourth-order valence-corrected chi connectivity index (χ4v) is 1.51. The molecule has 0 aliphatic carbocycles. The van der Waals surface area contributed by atoms with E-state index in [1.165, 1.54) is 6.07 Å². The minimum atomic E-state index is -4.37. The second-order valence-electron chi connectivity index (χ2n) is 4.49. The number of alkyl halides is 3. The van der Waals surface area contributed by atoms with Crippen LogP contribution in [-0.2, 0) is 17.5 Å². The molecule has 1 unspecified atom stereocenters. The third kappa shape index (κ3) is 5.74. The lowest BCUT2D eigenvalue weighted by Crippen LogP contribution is -2.25. The van der Waals surface area contributed by atoms with Crippen molar-refractivity contribution in [1.29, 1.82) is 0 Å². The standard InChI is InChI=1S/C13H17F3N2O/c1-9(17)5-6-12(19)18-8-10-3-2-4-11(7-10)13(14,15)16/h2-4,7,9H,5-6,8,17H2,1H3,(H,18,19). The Bertz CT molecular complexity index is 430. The number of amides is 1. The van der Waals surface area contributed by atoms with Crippen molar-refractivity contribution in [2.75, 3.05) is 0 Å². The molecule has 3 N–H and O–H groups in total. The number of hydrogen-bond acceptors (Lipinski definition) is 2. The van der Waals surface area contributed by atoms with Gasteiger partial charge in [0.15, 0.2) is 0 Å². The first-order valence-electron chi connectivity index (χ1n) is 5.97. The van der Waals surface area contributed by atoms with Crippen LogP contribution >= 0.6 is 0 Å². The van der Waals surface area contributed by atoms with Crippen LogP contribution < -0.4 is 11.1 Å². The van der Waals surface area contributed by atoms with Crippen LogP contribution in [0.2, 0.25) is 0 Å². The van der Waals surface area contributed by atoms with Crippen molar-refractivity contribution in [2.24, 2.45) is 5.73 Å². The lowest BCUT2D eigenvalue weighted by molar-refractivity contribution is -0.137. The lowest BCUT2D eigenvalue weighted by Gasteiger charge is -2.10. The highest BCUT2D eigenvalue weighted by Gasteiger charge is 2.30. The molecule has 0 aliphatic heterocycles. The number of benzene rings is 1. The molecule has 0 aromatic heterocycles. The molecule has 0 radical (unpaired) electrons. The maximum atomic E-state index is 12.5. The monoisotopic (exact) mass is 274 g/mol. The molecule has 106 valence electrons. The van der Waals surface area contributed by atoms with Gasteiger partial charge in [0.1, 0.15) is 0 Å². The predicted molar refractivity (Wildman–Crippen MR) is 66.2 cm³/mol. The number of nitrogens with two attached hydrogens (primary N) is 1. The van der Waals surface area contributed by atoms with Gasteiger partial charge in [-0.25, -0.2) is 0 Å². The predicted octanol–water partition coefficient (Wildman–Crippen LogP) is 2.45. The molecule has 19 heavy (non-hydrogen) atoms. The third-order valence-electron chi connectivity index (χ3n) is 2.57. The molecule has 1 atom stereocenters. The van der Waals surface area contributed by atoms with E-state index in [1.54, 1.807) is 13.0 Å². The first-order valence-corrected chi connectivity index (χ1v) is 5.97. The van der Waals surface area contributed by atoms with E-state index in [0.29, 0.717) is 12.0 Å². The third-order valence-corrected chi connectivity index (χ3v) is 2.57. The molecule has 0 aliphatic rings. The Kier molecular flexibility index (Phi) is 5.35. The minimum absolute atomic E-state index is 0.0701. The van der Waals surface area contributed by atoms with Gasteiger partial charge in [-0.15, -0.1) is 0 Å². The van der Waals surface area contributed by atoms with Crippen LogP contribution in [0.5, 0.6) is 0 Å². The second-order valence-corrected chi connectivity index (χ2v) is 4.49. The second kappa shape index (κ2) is 6.56. The van der Waals surface area contributed by atoms with Gasteiger partial charge >= 0.3 is 6.18 Å². The SMILES string of the molecule is CC(N)CCC(=O)NCc1cccc(C(F)(F)F)c1. The van der Waals surface area contributed by atoms with Gasteiger partial charge in [0, 0.05) is 19.0 Å². The van der Waals surface area contributed by atoms with Gasteiger partial charge in [0.2, 0.25) is 5.91 Å². The Hall–Kier alpha value is -1.56. The van der Waals surface area contributed by atoms with E-state index in [2.05, 4.69) is 5.32 Å². The van der Waals surface area contributed by atoms with E-state index >= 15 is 0 Å². The van der Waals surface area contributed by atoms with Gasteiger partial charge in [0.05, 0.1) is 5.56 Å². The van der Waals surface area contributed by atoms with Crippen LogP contribution in [0.3, 0.4) is 0 Å². The first kappa shape index (κ1) is 15.5. The highest BCUT2D eigenvalue weighted by molar-refractivity contribution is 5.75. The fourth-order valence-electron chi connectivity index (χ4n) is 1.51. The van der Waals surface area contributed by atoms with Crippen molar-refractivity contribution < 1.29 is 18.0 Å². The Labute approximate surface area is 110 Å². The van der Waals surface area contributed by atoms with Gasteiger partial charge in [-0.2, -0.15) is 13.2 Å². The van der Waals surface area contributed by atoms with Crippen molar-refractivity contribution in [1.82, 2.24) is 5.32 Å².